The van der Waals surface area contributed by atoms with Crippen LogP contribution in [0.15, 0.2) is 53.7 Å². The zero-order chi connectivity index (χ0) is 21.3. The molecule has 7 nitrogen and oxygen atoms in total. The SMILES string of the molecule is CCNC(=NCc1cccnc1N1CCC(C(N)=O)CC1)NC(C)c1ccccc1.I. The van der Waals surface area contributed by atoms with Crippen molar-refractivity contribution in [2.75, 3.05) is 24.5 Å². The third kappa shape index (κ3) is 7.09. The first-order valence-corrected chi connectivity index (χ1v) is 10.7. The second-order valence-electron chi connectivity index (χ2n) is 7.62. The van der Waals surface area contributed by atoms with Crippen LogP contribution in [0.2, 0.25) is 0 Å². The largest absolute Gasteiger partial charge is 0.369 e. The molecule has 0 bridgehead atoms. The number of aliphatic imine (C=N–C) groups is 1. The van der Waals surface area contributed by atoms with E-state index in [0.717, 1.165) is 49.8 Å². The van der Waals surface area contributed by atoms with E-state index in [2.05, 4.69) is 52.6 Å². The first-order chi connectivity index (χ1) is 14.6. The van der Waals surface area contributed by atoms with Gasteiger partial charge in [0.05, 0.1) is 12.6 Å². The van der Waals surface area contributed by atoms with Crippen LogP contribution in [0.1, 0.15) is 43.9 Å². The summed E-state index contributed by atoms with van der Waals surface area (Å²) >= 11 is 0. The fraction of sp³-hybridized carbons (Fsp3) is 0.435. The molecule has 2 heterocycles. The summed E-state index contributed by atoms with van der Waals surface area (Å²) in [6.07, 6.45) is 3.35. The smallest absolute Gasteiger partial charge is 0.220 e. The lowest BCUT2D eigenvalue weighted by atomic mass is 9.96. The number of primary amides is 1. The molecule has 0 aliphatic carbocycles. The van der Waals surface area contributed by atoms with E-state index in [9.17, 15) is 4.79 Å². The molecule has 3 rings (SSSR count). The molecular weight excluding hydrogens is 503 g/mol. The van der Waals surface area contributed by atoms with Crippen molar-refractivity contribution in [1.82, 2.24) is 15.6 Å². The first-order valence-electron chi connectivity index (χ1n) is 10.7. The number of carbonyl (C=O) groups excluding carboxylic acids is 1. The van der Waals surface area contributed by atoms with Gasteiger partial charge < -0.3 is 21.3 Å². The molecule has 168 valence electrons. The zero-order valence-corrected chi connectivity index (χ0v) is 20.6. The van der Waals surface area contributed by atoms with Crippen LogP contribution in [0.25, 0.3) is 0 Å². The molecule has 8 heteroatoms. The van der Waals surface area contributed by atoms with E-state index in [4.69, 9.17) is 10.7 Å². The van der Waals surface area contributed by atoms with Gasteiger partial charge in [0.15, 0.2) is 5.96 Å². The number of carbonyl (C=O) groups is 1. The Morgan fingerprint density at radius 1 is 1.23 bits per heavy atom. The normalized spacial score (nSPS) is 15.7. The Labute approximate surface area is 201 Å². The first kappa shape index (κ1) is 24.9. The highest BCUT2D eigenvalue weighted by atomic mass is 127. The molecule has 0 radical (unpaired) electrons. The fourth-order valence-electron chi connectivity index (χ4n) is 3.73. The monoisotopic (exact) mass is 536 g/mol. The van der Waals surface area contributed by atoms with Gasteiger partial charge >= 0.3 is 0 Å². The Balaban J connectivity index is 0.00000341. The molecule has 0 spiro atoms. The van der Waals surface area contributed by atoms with Crippen LogP contribution >= 0.6 is 24.0 Å². The maximum atomic E-state index is 11.5. The van der Waals surface area contributed by atoms with Gasteiger partial charge in [-0.15, -0.1) is 24.0 Å². The van der Waals surface area contributed by atoms with Crippen LogP contribution in [-0.4, -0.2) is 36.5 Å². The number of amides is 1. The van der Waals surface area contributed by atoms with Gasteiger partial charge in [-0.05, 0) is 38.3 Å². The lowest BCUT2D eigenvalue weighted by Gasteiger charge is -2.32. The summed E-state index contributed by atoms with van der Waals surface area (Å²) in [5, 5.41) is 6.80. The number of nitrogens with two attached hydrogens (primary N) is 1. The minimum Gasteiger partial charge on any atom is -0.369 e. The van der Waals surface area contributed by atoms with E-state index < -0.39 is 0 Å². The zero-order valence-electron chi connectivity index (χ0n) is 18.3. The van der Waals surface area contributed by atoms with Crippen LogP contribution < -0.4 is 21.3 Å². The van der Waals surface area contributed by atoms with Crippen LogP contribution in [0.5, 0.6) is 0 Å². The molecule has 1 atom stereocenters. The predicted molar refractivity (Wildman–Crippen MR) is 137 cm³/mol. The van der Waals surface area contributed by atoms with Gasteiger partial charge in [0.25, 0.3) is 0 Å². The number of aromatic nitrogens is 1. The Hall–Kier alpha value is -2.36. The predicted octanol–water partition coefficient (Wildman–Crippen LogP) is 3.22. The van der Waals surface area contributed by atoms with E-state index >= 15 is 0 Å². The summed E-state index contributed by atoms with van der Waals surface area (Å²) in [6.45, 7) is 7.06. The second-order valence-corrected chi connectivity index (χ2v) is 7.62. The number of nitrogens with zero attached hydrogens (tertiary/aromatic N) is 3. The van der Waals surface area contributed by atoms with E-state index in [1.54, 1.807) is 0 Å². The van der Waals surface area contributed by atoms with Gasteiger partial charge in [0.1, 0.15) is 5.82 Å². The van der Waals surface area contributed by atoms with Crippen molar-refractivity contribution in [3.63, 3.8) is 0 Å². The number of guanidine groups is 1. The highest BCUT2D eigenvalue weighted by Crippen LogP contribution is 2.25. The van der Waals surface area contributed by atoms with Crippen molar-refractivity contribution >= 4 is 41.7 Å². The maximum Gasteiger partial charge on any atom is 0.220 e. The van der Waals surface area contributed by atoms with Crippen molar-refractivity contribution in [3.8, 4) is 0 Å². The molecule has 1 unspecified atom stereocenters. The van der Waals surface area contributed by atoms with Crippen molar-refractivity contribution in [3.05, 3.63) is 59.8 Å². The van der Waals surface area contributed by atoms with Gasteiger partial charge in [0.2, 0.25) is 5.91 Å². The molecule has 1 aliphatic rings. The van der Waals surface area contributed by atoms with Crippen LogP contribution in [0.4, 0.5) is 5.82 Å². The van der Waals surface area contributed by atoms with Gasteiger partial charge in [0, 0.05) is 37.3 Å². The number of nitrogens with one attached hydrogen (secondary N) is 2. The number of anilines is 1. The lowest BCUT2D eigenvalue weighted by molar-refractivity contribution is -0.122. The molecule has 1 fully saturated rings. The summed E-state index contributed by atoms with van der Waals surface area (Å²) < 4.78 is 0. The quantitative estimate of drug-likeness (QED) is 0.287. The molecule has 4 N–H and O–H groups in total. The van der Waals surface area contributed by atoms with E-state index in [0.29, 0.717) is 6.54 Å². The standard InChI is InChI=1S/C23H32N6O.HI/c1-3-25-23(28-17(2)18-8-5-4-6-9-18)27-16-20-10-7-13-26-22(20)29-14-11-19(12-15-29)21(24)30;/h4-10,13,17,19H,3,11-12,14-16H2,1-2H3,(H2,24,30)(H2,25,27,28);1H. The molecule has 1 aromatic carbocycles. The molecule has 2 aromatic rings. The Kier molecular flexibility index (Phi) is 10.0. The number of benzene rings is 1. The average molecular weight is 536 g/mol. The third-order valence-corrected chi connectivity index (χ3v) is 5.47. The van der Waals surface area contributed by atoms with Gasteiger partial charge in [-0.25, -0.2) is 9.98 Å². The molecule has 1 amide bonds. The Morgan fingerprint density at radius 2 is 1.94 bits per heavy atom. The molecular formula is C23H33IN6O. The lowest BCUT2D eigenvalue weighted by Crippen LogP contribution is -2.39. The van der Waals surface area contributed by atoms with Gasteiger partial charge in [-0.2, -0.15) is 0 Å². The van der Waals surface area contributed by atoms with Crippen molar-refractivity contribution in [1.29, 1.82) is 0 Å². The summed E-state index contributed by atoms with van der Waals surface area (Å²) in [6, 6.07) is 14.5. The molecule has 31 heavy (non-hydrogen) atoms. The van der Waals surface area contributed by atoms with Crippen molar-refractivity contribution < 1.29 is 4.79 Å². The summed E-state index contributed by atoms with van der Waals surface area (Å²) in [5.74, 6) is 1.48. The van der Waals surface area contributed by atoms with Crippen molar-refractivity contribution in [2.45, 2.75) is 39.3 Å². The average Bonchev–Trinajstić information content (AvgIpc) is 2.78. The van der Waals surface area contributed by atoms with Gasteiger partial charge in [-0.1, -0.05) is 36.4 Å². The molecule has 0 saturated carbocycles. The Morgan fingerprint density at radius 3 is 2.58 bits per heavy atom. The van der Waals surface area contributed by atoms with E-state index in [-0.39, 0.29) is 41.8 Å². The third-order valence-electron chi connectivity index (χ3n) is 5.47. The van der Waals surface area contributed by atoms with Crippen molar-refractivity contribution in [2.24, 2.45) is 16.6 Å². The van der Waals surface area contributed by atoms with Crippen LogP contribution in [-0.2, 0) is 11.3 Å². The molecule has 1 saturated heterocycles. The molecule has 1 aromatic heterocycles. The minimum absolute atomic E-state index is 0. The highest BCUT2D eigenvalue weighted by Gasteiger charge is 2.24. The number of piperidine rings is 1. The summed E-state index contributed by atoms with van der Waals surface area (Å²) in [5.41, 5.74) is 7.75. The Bertz CT molecular complexity index is 852. The number of rotatable bonds is 7. The van der Waals surface area contributed by atoms with E-state index in [1.807, 2.05) is 30.5 Å². The van der Waals surface area contributed by atoms with Crippen LogP contribution in [0.3, 0.4) is 0 Å². The number of hydrogen-bond donors (Lipinski definition) is 3. The number of pyridine rings is 1. The number of hydrogen-bond acceptors (Lipinski definition) is 4. The molecule has 1 aliphatic heterocycles. The van der Waals surface area contributed by atoms with Crippen LogP contribution in [0, 0.1) is 5.92 Å². The summed E-state index contributed by atoms with van der Waals surface area (Å²) in [4.78, 5) is 23.1. The highest BCUT2D eigenvalue weighted by molar-refractivity contribution is 14.0. The number of halogens is 1. The fourth-order valence-corrected chi connectivity index (χ4v) is 3.73. The second kappa shape index (κ2) is 12.5. The summed E-state index contributed by atoms with van der Waals surface area (Å²) in [7, 11) is 0. The minimum atomic E-state index is -0.200. The maximum absolute atomic E-state index is 11.5. The van der Waals surface area contributed by atoms with E-state index in [1.165, 1.54) is 5.56 Å². The topological polar surface area (TPSA) is 95.6 Å². The van der Waals surface area contributed by atoms with Gasteiger partial charge in [-0.3, -0.25) is 4.79 Å².